The molecule has 13 rings (SSSR count). The van der Waals surface area contributed by atoms with E-state index in [0.717, 1.165) is 68.0 Å². The van der Waals surface area contributed by atoms with Crippen LogP contribution in [-0.4, -0.2) is 20.6 Å². The van der Waals surface area contributed by atoms with Crippen LogP contribution in [0.4, 0.5) is 5.69 Å². The molecule has 2 unspecified atom stereocenters. The van der Waals surface area contributed by atoms with Gasteiger partial charge in [0.1, 0.15) is 6.17 Å². The summed E-state index contributed by atoms with van der Waals surface area (Å²) in [6.45, 7) is 9.28. The summed E-state index contributed by atoms with van der Waals surface area (Å²) in [6.07, 6.45) is 0.468. The summed E-state index contributed by atoms with van der Waals surface area (Å²) >= 11 is 1.85. The second-order valence-electron chi connectivity index (χ2n) is 18.2. The molecule has 68 heavy (non-hydrogen) atoms. The standard InChI is InChI=1S/C63H46N4S/c1-39(42-17-6-4-7-18-42)40(2)63(64-41(3)45-31-34-51-50-23-12-15-28-59(50)68-60(51)37-45)67-58-27-14-11-22-49(58)53-36-35-52-48-21-10-13-26-57(48)66(61(52)62(53)67)46-32-29-43(30-33-46)47-24-16-25-55-54(47)38-56(65-55)44-19-8-5-9-20-44/h4-37,40,63H,1,38H2,2-3H3. The van der Waals surface area contributed by atoms with Crippen LogP contribution in [0.5, 0.6) is 0 Å². The number of fused-ring (bicyclic) bond motifs is 11. The Morgan fingerprint density at radius 1 is 0.559 bits per heavy atom. The number of thiophene rings is 1. The smallest absolute Gasteiger partial charge is 0.132 e. The Balaban J connectivity index is 1.02. The molecular weight excluding hydrogens is 845 g/mol. The van der Waals surface area contributed by atoms with E-state index in [1.807, 2.05) is 11.3 Å². The minimum atomic E-state index is -0.342. The van der Waals surface area contributed by atoms with E-state index in [1.165, 1.54) is 64.0 Å². The van der Waals surface area contributed by atoms with Crippen molar-refractivity contribution in [3.8, 4) is 16.8 Å². The second-order valence-corrected chi connectivity index (χ2v) is 19.3. The molecule has 324 valence electrons. The summed E-state index contributed by atoms with van der Waals surface area (Å²) in [5, 5.41) is 7.41. The van der Waals surface area contributed by atoms with Gasteiger partial charge in [-0.15, -0.1) is 11.3 Å². The Hall–Kier alpha value is -8.12. The van der Waals surface area contributed by atoms with Gasteiger partial charge in [-0.25, -0.2) is 0 Å². The van der Waals surface area contributed by atoms with Crippen LogP contribution in [0.15, 0.2) is 223 Å². The predicted molar refractivity (Wildman–Crippen MR) is 291 cm³/mol. The fraction of sp³-hybridized carbons (Fsp3) is 0.0794. The molecule has 4 heterocycles. The van der Waals surface area contributed by atoms with Gasteiger partial charge in [0, 0.05) is 65.5 Å². The highest BCUT2D eigenvalue weighted by Gasteiger charge is 2.29. The maximum atomic E-state index is 5.86. The van der Waals surface area contributed by atoms with Crippen molar-refractivity contribution in [1.82, 2.24) is 9.13 Å². The minimum absolute atomic E-state index is 0.0780. The van der Waals surface area contributed by atoms with Gasteiger partial charge in [-0.3, -0.25) is 9.98 Å². The van der Waals surface area contributed by atoms with E-state index in [4.69, 9.17) is 16.6 Å². The highest BCUT2D eigenvalue weighted by molar-refractivity contribution is 7.25. The van der Waals surface area contributed by atoms with Crippen molar-refractivity contribution in [3.05, 3.63) is 235 Å². The molecule has 0 radical (unpaired) electrons. The van der Waals surface area contributed by atoms with Crippen molar-refractivity contribution in [3.63, 3.8) is 0 Å². The Morgan fingerprint density at radius 2 is 1.19 bits per heavy atom. The van der Waals surface area contributed by atoms with Crippen LogP contribution < -0.4 is 0 Å². The molecule has 0 bridgehead atoms. The first-order chi connectivity index (χ1) is 33.5. The maximum Gasteiger partial charge on any atom is 0.132 e. The lowest BCUT2D eigenvalue weighted by Crippen LogP contribution is -2.19. The van der Waals surface area contributed by atoms with Crippen LogP contribution in [0.1, 0.15) is 42.3 Å². The van der Waals surface area contributed by atoms with Crippen molar-refractivity contribution in [2.45, 2.75) is 26.4 Å². The topological polar surface area (TPSA) is 34.6 Å². The Bertz CT molecular complexity index is 4030. The van der Waals surface area contributed by atoms with Crippen molar-refractivity contribution < 1.29 is 0 Å². The molecule has 2 atom stereocenters. The van der Waals surface area contributed by atoms with Gasteiger partial charge in [0.15, 0.2) is 0 Å². The second kappa shape index (κ2) is 16.0. The first-order valence-corrected chi connectivity index (χ1v) is 24.3. The van der Waals surface area contributed by atoms with Crippen molar-refractivity contribution in [2.24, 2.45) is 15.9 Å². The molecule has 0 N–H and O–H groups in total. The summed E-state index contributed by atoms with van der Waals surface area (Å²) in [4.78, 5) is 11.0. The molecule has 4 nitrogen and oxygen atoms in total. The molecule has 1 aliphatic rings. The van der Waals surface area contributed by atoms with Crippen LogP contribution >= 0.6 is 11.3 Å². The van der Waals surface area contributed by atoms with E-state index in [0.29, 0.717) is 0 Å². The van der Waals surface area contributed by atoms with Gasteiger partial charge in [0.05, 0.1) is 33.5 Å². The predicted octanol–water partition coefficient (Wildman–Crippen LogP) is 17.0. The number of hydrogen-bond donors (Lipinski definition) is 0. The Labute approximate surface area is 399 Å². The van der Waals surface area contributed by atoms with Crippen molar-refractivity contribution in [2.75, 3.05) is 0 Å². The third-order valence-electron chi connectivity index (χ3n) is 14.3. The molecule has 0 saturated heterocycles. The Kier molecular flexibility index (Phi) is 9.48. The number of hydrogen-bond acceptors (Lipinski definition) is 3. The largest absolute Gasteiger partial charge is 0.315 e. The molecule has 5 heteroatoms. The van der Waals surface area contributed by atoms with E-state index in [2.05, 4.69) is 229 Å². The first-order valence-electron chi connectivity index (χ1n) is 23.5. The summed E-state index contributed by atoms with van der Waals surface area (Å²) in [5.41, 5.74) is 17.1. The normalized spacial score (nSPS) is 13.8. The van der Waals surface area contributed by atoms with Crippen molar-refractivity contribution >= 4 is 97.8 Å². The SMILES string of the molecule is C=C(c1ccccc1)C(C)C(N=C(C)c1ccc2c(c1)sc1ccccc12)n1c2ccccc2c2ccc3c4ccccc4n(-c4ccc(-c5cccc6c5CC(c5ccccc5)=N6)cc4)c3c21. The lowest BCUT2D eigenvalue weighted by Gasteiger charge is -2.27. The average Bonchev–Trinajstić information content (AvgIpc) is 4.17. The van der Waals surface area contributed by atoms with E-state index in [9.17, 15) is 0 Å². The minimum Gasteiger partial charge on any atom is -0.315 e. The van der Waals surface area contributed by atoms with Crippen molar-refractivity contribution in [1.29, 1.82) is 0 Å². The van der Waals surface area contributed by atoms with Gasteiger partial charge in [-0.2, -0.15) is 0 Å². The highest BCUT2D eigenvalue weighted by Crippen LogP contribution is 2.45. The number of aliphatic imine (C=N–C) groups is 2. The number of rotatable bonds is 9. The van der Waals surface area contributed by atoms with Crippen LogP contribution in [0.25, 0.3) is 86.2 Å². The van der Waals surface area contributed by atoms with Gasteiger partial charge < -0.3 is 9.13 Å². The first kappa shape index (κ1) is 40.2. The molecule has 12 aromatic rings. The lowest BCUT2D eigenvalue weighted by molar-refractivity contribution is 0.459. The van der Waals surface area contributed by atoms with E-state index in [1.54, 1.807) is 0 Å². The average molecular weight is 891 g/mol. The van der Waals surface area contributed by atoms with Gasteiger partial charge in [0.25, 0.3) is 0 Å². The van der Waals surface area contributed by atoms with E-state index in [-0.39, 0.29) is 12.1 Å². The molecule has 3 aromatic heterocycles. The molecule has 0 fully saturated rings. The van der Waals surface area contributed by atoms with Gasteiger partial charge in [-0.05, 0) is 88.3 Å². The highest BCUT2D eigenvalue weighted by atomic mass is 32.1. The summed E-state index contributed by atoms with van der Waals surface area (Å²) in [5.74, 6) is -0.0780. The maximum absolute atomic E-state index is 5.86. The lowest BCUT2D eigenvalue weighted by atomic mass is 9.92. The number of benzene rings is 9. The van der Waals surface area contributed by atoms with Crippen LogP contribution in [0.3, 0.4) is 0 Å². The van der Waals surface area contributed by atoms with Crippen LogP contribution in [0.2, 0.25) is 0 Å². The third kappa shape index (κ3) is 6.41. The van der Waals surface area contributed by atoms with E-state index >= 15 is 0 Å². The summed E-state index contributed by atoms with van der Waals surface area (Å²) in [6, 6.07) is 74.8. The fourth-order valence-electron chi connectivity index (χ4n) is 10.9. The molecule has 0 saturated carbocycles. The zero-order chi connectivity index (χ0) is 45.5. The molecule has 0 aliphatic carbocycles. The zero-order valence-electron chi connectivity index (χ0n) is 37.9. The van der Waals surface area contributed by atoms with Crippen LogP contribution in [-0.2, 0) is 6.42 Å². The quantitative estimate of drug-likeness (QED) is 0.129. The number of para-hydroxylation sites is 2. The Morgan fingerprint density at radius 3 is 1.97 bits per heavy atom. The molecular formula is C63H46N4S. The number of aromatic nitrogens is 2. The summed E-state index contributed by atoms with van der Waals surface area (Å²) < 4.78 is 7.59. The summed E-state index contributed by atoms with van der Waals surface area (Å²) in [7, 11) is 0. The van der Waals surface area contributed by atoms with Gasteiger partial charge in [-0.1, -0.05) is 177 Å². The van der Waals surface area contributed by atoms with Crippen LogP contribution in [0, 0.1) is 5.92 Å². The zero-order valence-corrected chi connectivity index (χ0v) is 38.7. The third-order valence-corrected chi connectivity index (χ3v) is 15.5. The monoisotopic (exact) mass is 890 g/mol. The molecule has 1 aliphatic heterocycles. The molecule has 9 aromatic carbocycles. The van der Waals surface area contributed by atoms with Gasteiger partial charge in [0.2, 0.25) is 0 Å². The number of nitrogens with zero attached hydrogens (tertiary/aromatic N) is 4. The fourth-order valence-corrected chi connectivity index (χ4v) is 12.0. The van der Waals surface area contributed by atoms with Gasteiger partial charge >= 0.3 is 0 Å². The van der Waals surface area contributed by atoms with E-state index < -0.39 is 0 Å². The molecule has 0 amide bonds. The molecule has 0 spiro atoms.